The van der Waals surface area contributed by atoms with Crippen molar-refractivity contribution in [3.63, 3.8) is 0 Å². The van der Waals surface area contributed by atoms with Crippen LogP contribution in [0.4, 0.5) is 0 Å². The Morgan fingerprint density at radius 3 is 2.67 bits per heavy atom. The Kier molecular flexibility index (Phi) is 5.61. The maximum Gasteiger partial charge on any atom is 0.262 e. The number of amides is 1. The van der Waals surface area contributed by atoms with Crippen LogP contribution in [0.1, 0.15) is 26.3 Å². The molecule has 3 rings (SSSR count). The van der Waals surface area contributed by atoms with E-state index < -0.39 is 0 Å². The summed E-state index contributed by atoms with van der Waals surface area (Å²) in [5, 5.41) is 14.9. The van der Waals surface area contributed by atoms with Crippen LogP contribution >= 0.6 is 0 Å². The van der Waals surface area contributed by atoms with Gasteiger partial charge in [-0.1, -0.05) is 63.2 Å². The van der Waals surface area contributed by atoms with Gasteiger partial charge in [0.15, 0.2) is 6.54 Å². The summed E-state index contributed by atoms with van der Waals surface area (Å²) in [4.78, 5) is 12.3. The molecule has 0 aliphatic carbocycles. The Labute approximate surface area is 160 Å². The van der Waals surface area contributed by atoms with Gasteiger partial charge >= 0.3 is 0 Å². The molecule has 1 amide bonds. The molecule has 0 radical (unpaired) electrons. The smallest absolute Gasteiger partial charge is 0.262 e. The SMILES string of the molecule is CC(C)(C)[C@@H](CO)NC(=O)Cn1cc[n+](Cc2cccc3ccccc23)c1. The lowest BCUT2D eigenvalue weighted by Crippen LogP contribution is -2.47. The predicted octanol–water partition coefficient (Wildman–Crippen LogP) is 2.50. The van der Waals surface area contributed by atoms with Crippen LogP contribution in [-0.4, -0.2) is 28.2 Å². The van der Waals surface area contributed by atoms with Crippen LogP contribution in [0.3, 0.4) is 0 Å². The standard InChI is InChI=1S/C22H27N3O2/c1-22(2,3)20(15-26)23-21(27)14-25-12-11-24(16-25)13-18-9-6-8-17-7-4-5-10-19(17)18/h4-12,16,20,26H,13-15H2,1-3H3/p+1/t20-/m1/s1. The van der Waals surface area contributed by atoms with Gasteiger partial charge in [0, 0.05) is 5.56 Å². The second-order valence-electron chi connectivity index (χ2n) is 8.07. The van der Waals surface area contributed by atoms with Gasteiger partial charge in [-0.25, -0.2) is 9.13 Å². The average molecular weight is 366 g/mol. The first kappa shape index (κ1) is 19.1. The average Bonchev–Trinajstić information content (AvgIpc) is 3.06. The Morgan fingerprint density at radius 1 is 1.19 bits per heavy atom. The summed E-state index contributed by atoms with van der Waals surface area (Å²) in [6.45, 7) is 6.92. The topological polar surface area (TPSA) is 58.1 Å². The number of aliphatic hydroxyl groups is 1. The quantitative estimate of drug-likeness (QED) is 0.659. The summed E-state index contributed by atoms with van der Waals surface area (Å²) in [6.07, 6.45) is 5.81. The van der Waals surface area contributed by atoms with E-state index in [4.69, 9.17) is 0 Å². The van der Waals surface area contributed by atoms with Gasteiger partial charge in [-0.05, 0) is 16.2 Å². The molecule has 0 spiro atoms. The molecule has 3 aromatic rings. The molecule has 2 N–H and O–H groups in total. The Morgan fingerprint density at radius 2 is 1.93 bits per heavy atom. The van der Waals surface area contributed by atoms with E-state index in [0.717, 1.165) is 6.54 Å². The summed E-state index contributed by atoms with van der Waals surface area (Å²) < 4.78 is 3.93. The molecule has 5 nitrogen and oxygen atoms in total. The van der Waals surface area contributed by atoms with E-state index in [-0.39, 0.29) is 30.5 Å². The molecule has 27 heavy (non-hydrogen) atoms. The maximum atomic E-state index is 12.3. The van der Waals surface area contributed by atoms with Gasteiger partial charge in [0.25, 0.3) is 5.91 Å². The van der Waals surface area contributed by atoms with Crippen LogP contribution in [0.5, 0.6) is 0 Å². The predicted molar refractivity (Wildman–Crippen MR) is 106 cm³/mol. The zero-order valence-electron chi connectivity index (χ0n) is 16.2. The van der Waals surface area contributed by atoms with E-state index in [2.05, 4.69) is 46.3 Å². The molecule has 0 aliphatic heterocycles. The van der Waals surface area contributed by atoms with E-state index >= 15 is 0 Å². The fourth-order valence-electron chi connectivity index (χ4n) is 3.19. The molecule has 0 saturated carbocycles. The molecular formula is C22H28N3O2+. The van der Waals surface area contributed by atoms with Gasteiger partial charge in [-0.15, -0.1) is 0 Å². The van der Waals surface area contributed by atoms with Gasteiger partial charge in [0.1, 0.15) is 18.9 Å². The van der Waals surface area contributed by atoms with Crippen molar-refractivity contribution in [1.29, 1.82) is 0 Å². The Bertz CT molecular complexity index is 919. The van der Waals surface area contributed by atoms with Crippen molar-refractivity contribution >= 4 is 16.7 Å². The summed E-state index contributed by atoms with van der Waals surface area (Å²) in [6, 6.07) is 14.4. The molecule has 0 bridgehead atoms. The lowest BCUT2D eigenvalue weighted by atomic mass is 9.87. The zero-order valence-corrected chi connectivity index (χ0v) is 16.2. The number of nitrogens with one attached hydrogen (secondary N) is 1. The van der Waals surface area contributed by atoms with Crippen molar-refractivity contribution in [2.24, 2.45) is 5.41 Å². The second-order valence-corrected chi connectivity index (χ2v) is 8.07. The van der Waals surface area contributed by atoms with E-state index in [9.17, 15) is 9.90 Å². The number of fused-ring (bicyclic) bond motifs is 1. The van der Waals surface area contributed by atoms with Crippen LogP contribution in [0.2, 0.25) is 0 Å². The lowest BCUT2D eigenvalue weighted by Gasteiger charge is -2.29. The first-order chi connectivity index (χ1) is 12.9. The third kappa shape index (κ3) is 4.74. The first-order valence-corrected chi connectivity index (χ1v) is 9.28. The highest BCUT2D eigenvalue weighted by Crippen LogP contribution is 2.19. The number of carbonyl (C=O) groups is 1. The molecule has 5 heteroatoms. The molecule has 1 heterocycles. The number of hydrogen-bond donors (Lipinski definition) is 2. The zero-order chi connectivity index (χ0) is 19.4. The van der Waals surface area contributed by atoms with Gasteiger partial charge in [0.05, 0.1) is 12.6 Å². The van der Waals surface area contributed by atoms with Crippen molar-refractivity contribution in [3.05, 3.63) is 66.7 Å². The number of imidazole rings is 1. The number of nitrogens with zero attached hydrogens (tertiary/aromatic N) is 2. The fraction of sp³-hybridized carbons (Fsp3) is 0.364. The number of carbonyl (C=O) groups excluding carboxylic acids is 1. The summed E-state index contributed by atoms with van der Waals surface area (Å²) in [5.41, 5.74) is 1.06. The number of aliphatic hydroxyl groups excluding tert-OH is 1. The Hall–Kier alpha value is -2.66. The molecule has 0 saturated heterocycles. The first-order valence-electron chi connectivity index (χ1n) is 9.28. The molecule has 0 unspecified atom stereocenters. The summed E-state index contributed by atoms with van der Waals surface area (Å²) in [7, 11) is 0. The van der Waals surface area contributed by atoms with Gasteiger partial charge in [0.2, 0.25) is 6.33 Å². The molecule has 0 aliphatic rings. The minimum Gasteiger partial charge on any atom is -0.394 e. The fourth-order valence-corrected chi connectivity index (χ4v) is 3.19. The second kappa shape index (κ2) is 7.92. The van der Waals surface area contributed by atoms with Crippen molar-refractivity contribution in [2.75, 3.05) is 6.61 Å². The third-order valence-electron chi connectivity index (χ3n) is 4.87. The molecule has 0 fully saturated rings. The minimum atomic E-state index is -0.261. The lowest BCUT2D eigenvalue weighted by molar-refractivity contribution is -0.687. The highest BCUT2D eigenvalue weighted by Gasteiger charge is 2.26. The number of hydrogen-bond acceptors (Lipinski definition) is 2. The normalized spacial score (nSPS) is 12.9. The number of benzene rings is 2. The Balaban J connectivity index is 1.67. The monoisotopic (exact) mass is 366 g/mol. The number of aromatic nitrogens is 2. The minimum absolute atomic E-state index is 0.0675. The van der Waals surface area contributed by atoms with Gasteiger partial charge in [-0.3, -0.25) is 4.79 Å². The van der Waals surface area contributed by atoms with E-state index in [0.29, 0.717) is 0 Å². The third-order valence-corrected chi connectivity index (χ3v) is 4.87. The van der Waals surface area contributed by atoms with Crippen LogP contribution in [0.25, 0.3) is 10.8 Å². The van der Waals surface area contributed by atoms with Crippen molar-refractivity contribution < 1.29 is 14.5 Å². The molecule has 1 aromatic heterocycles. The summed E-state index contributed by atoms with van der Waals surface area (Å²) >= 11 is 0. The van der Waals surface area contributed by atoms with Crippen molar-refractivity contribution in [3.8, 4) is 0 Å². The number of rotatable bonds is 6. The van der Waals surface area contributed by atoms with Crippen LogP contribution in [0.15, 0.2) is 61.2 Å². The van der Waals surface area contributed by atoms with Crippen molar-refractivity contribution in [1.82, 2.24) is 9.88 Å². The van der Waals surface area contributed by atoms with E-state index in [1.807, 2.05) is 50.1 Å². The van der Waals surface area contributed by atoms with E-state index in [1.165, 1.54) is 16.3 Å². The molecule has 2 aromatic carbocycles. The van der Waals surface area contributed by atoms with Crippen molar-refractivity contribution in [2.45, 2.75) is 39.9 Å². The molecule has 142 valence electrons. The maximum absolute atomic E-state index is 12.3. The van der Waals surface area contributed by atoms with Gasteiger partial charge < -0.3 is 10.4 Å². The molecule has 1 atom stereocenters. The molecular weight excluding hydrogens is 338 g/mol. The van der Waals surface area contributed by atoms with Crippen LogP contribution < -0.4 is 9.88 Å². The van der Waals surface area contributed by atoms with Gasteiger partial charge in [-0.2, -0.15) is 0 Å². The largest absolute Gasteiger partial charge is 0.394 e. The van der Waals surface area contributed by atoms with Crippen LogP contribution in [0, 0.1) is 5.41 Å². The summed E-state index contributed by atoms with van der Waals surface area (Å²) in [5.74, 6) is -0.100. The highest BCUT2D eigenvalue weighted by atomic mass is 16.3. The highest BCUT2D eigenvalue weighted by molar-refractivity contribution is 5.85. The van der Waals surface area contributed by atoms with E-state index in [1.54, 1.807) is 0 Å². The van der Waals surface area contributed by atoms with Crippen LogP contribution in [-0.2, 0) is 17.9 Å².